The smallest absolute Gasteiger partial charge is 0.0195 e. The molecule has 1 fully saturated rings. The van der Waals surface area contributed by atoms with Gasteiger partial charge in [0.1, 0.15) is 0 Å². The van der Waals surface area contributed by atoms with Crippen LogP contribution >= 0.6 is 0 Å². The fourth-order valence-corrected chi connectivity index (χ4v) is 3.71. The van der Waals surface area contributed by atoms with Crippen LogP contribution in [0, 0.1) is 11.3 Å². The molecular weight excluding hydrogens is 258 g/mol. The van der Waals surface area contributed by atoms with Crippen molar-refractivity contribution in [2.75, 3.05) is 45.8 Å². The van der Waals surface area contributed by atoms with E-state index in [1.807, 2.05) is 0 Å². The van der Waals surface area contributed by atoms with E-state index in [2.05, 4.69) is 56.7 Å². The van der Waals surface area contributed by atoms with E-state index < -0.39 is 0 Å². The summed E-state index contributed by atoms with van der Waals surface area (Å²) in [6.07, 6.45) is 2.60. The normalized spacial score (nSPS) is 24.4. The van der Waals surface area contributed by atoms with Crippen molar-refractivity contribution in [1.29, 1.82) is 0 Å². The summed E-state index contributed by atoms with van der Waals surface area (Å²) < 4.78 is 0. The van der Waals surface area contributed by atoms with Crippen LogP contribution in [0.5, 0.6) is 0 Å². The topological polar surface area (TPSA) is 18.5 Å². The first-order chi connectivity index (χ1) is 9.90. The van der Waals surface area contributed by atoms with Gasteiger partial charge in [-0.1, -0.05) is 41.0 Å². The zero-order valence-corrected chi connectivity index (χ0v) is 15.4. The lowest BCUT2D eigenvalue weighted by Gasteiger charge is -2.43. The van der Waals surface area contributed by atoms with Gasteiger partial charge in [-0.2, -0.15) is 0 Å². The van der Waals surface area contributed by atoms with Crippen molar-refractivity contribution in [3.8, 4) is 0 Å². The number of likely N-dealkylation sites (N-methyl/N-ethyl adjacent to an activating group) is 1. The number of hydrogen-bond donors (Lipinski definition) is 1. The van der Waals surface area contributed by atoms with Gasteiger partial charge in [0.15, 0.2) is 0 Å². The molecule has 0 amide bonds. The van der Waals surface area contributed by atoms with Gasteiger partial charge in [-0.05, 0) is 37.8 Å². The molecule has 1 aliphatic rings. The summed E-state index contributed by atoms with van der Waals surface area (Å²) in [5.41, 5.74) is 0.414. The predicted molar refractivity (Wildman–Crippen MR) is 93.9 cm³/mol. The second-order valence-electron chi connectivity index (χ2n) is 7.80. The fourth-order valence-electron chi connectivity index (χ4n) is 3.71. The van der Waals surface area contributed by atoms with E-state index in [4.69, 9.17) is 0 Å². The highest BCUT2D eigenvalue weighted by Crippen LogP contribution is 2.25. The van der Waals surface area contributed by atoms with Crippen LogP contribution in [0.1, 0.15) is 54.4 Å². The molecule has 0 radical (unpaired) electrons. The van der Waals surface area contributed by atoms with Crippen molar-refractivity contribution in [2.24, 2.45) is 11.3 Å². The van der Waals surface area contributed by atoms with Crippen molar-refractivity contribution in [2.45, 2.75) is 60.4 Å². The van der Waals surface area contributed by atoms with Gasteiger partial charge in [0.05, 0.1) is 0 Å². The minimum Gasteiger partial charge on any atom is -0.316 e. The summed E-state index contributed by atoms with van der Waals surface area (Å²) in [7, 11) is 0. The van der Waals surface area contributed by atoms with E-state index in [0.717, 1.165) is 19.0 Å². The number of piperazine rings is 1. The van der Waals surface area contributed by atoms with Gasteiger partial charge < -0.3 is 5.32 Å². The molecule has 3 heteroatoms. The summed E-state index contributed by atoms with van der Waals surface area (Å²) in [6.45, 7) is 22.5. The van der Waals surface area contributed by atoms with E-state index in [9.17, 15) is 0 Å². The summed E-state index contributed by atoms with van der Waals surface area (Å²) in [4.78, 5) is 5.30. The Morgan fingerprint density at radius 3 is 2.48 bits per heavy atom. The third-order valence-electron chi connectivity index (χ3n) is 4.82. The summed E-state index contributed by atoms with van der Waals surface area (Å²) in [6, 6.07) is 0.707. The van der Waals surface area contributed by atoms with E-state index in [1.165, 1.54) is 45.6 Å². The number of hydrogen-bond acceptors (Lipinski definition) is 3. The molecule has 1 aliphatic heterocycles. The van der Waals surface area contributed by atoms with E-state index >= 15 is 0 Å². The SMILES string of the molecule is CCCC(C)(CNCC(C)C)CN1CCN(CC)C(C)C1. The lowest BCUT2D eigenvalue weighted by molar-refractivity contribution is 0.0547. The maximum Gasteiger partial charge on any atom is 0.0195 e. The first-order valence-corrected chi connectivity index (χ1v) is 9.07. The standard InChI is InChI=1S/C18H39N3/c1-7-9-18(6,14-19-12-16(3)4)15-20-10-11-21(8-2)17(5)13-20/h16-17,19H,7-15H2,1-6H3. The molecule has 2 atom stereocenters. The Bertz CT molecular complexity index is 280. The molecule has 0 aromatic carbocycles. The zero-order chi connectivity index (χ0) is 15.9. The Kier molecular flexibility index (Phi) is 8.22. The van der Waals surface area contributed by atoms with Crippen LogP contribution in [-0.4, -0.2) is 61.7 Å². The van der Waals surface area contributed by atoms with E-state index in [-0.39, 0.29) is 0 Å². The Hall–Kier alpha value is -0.120. The minimum absolute atomic E-state index is 0.414. The average molecular weight is 298 g/mol. The molecule has 0 bridgehead atoms. The van der Waals surface area contributed by atoms with Gasteiger partial charge in [-0.15, -0.1) is 0 Å². The van der Waals surface area contributed by atoms with Gasteiger partial charge in [-0.25, -0.2) is 0 Å². The van der Waals surface area contributed by atoms with Crippen LogP contribution < -0.4 is 5.32 Å². The molecule has 0 aromatic heterocycles. The first-order valence-electron chi connectivity index (χ1n) is 9.07. The fraction of sp³-hybridized carbons (Fsp3) is 1.00. The van der Waals surface area contributed by atoms with Crippen LogP contribution in [0.15, 0.2) is 0 Å². The third-order valence-corrected chi connectivity index (χ3v) is 4.82. The average Bonchev–Trinajstić information content (AvgIpc) is 2.38. The quantitative estimate of drug-likeness (QED) is 0.705. The van der Waals surface area contributed by atoms with Crippen LogP contribution in [0.3, 0.4) is 0 Å². The Morgan fingerprint density at radius 2 is 1.95 bits per heavy atom. The largest absolute Gasteiger partial charge is 0.316 e. The molecule has 0 saturated carbocycles. The molecule has 3 nitrogen and oxygen atoms in total. The Morgan fingerprint density at radius 1 is 1.24 bits per heavy atom. The number of rotatable bonds is 9. The first kappa shape index (κ1) is 18.9. The summed E-state index contributed by atoms with van der Waals surface area (Å²) >= 11 is 0. The van der Waals surface area contributed by atoms with Gasteiger partial charge in [-0.3, -0.25) is 9.80 Å². The molecule has 2 unspecified atom stereocenters. The molecule has 1 heterocycles. The molecule has 1 N–H and O–H groups in total. The van der Waals surface area contributed by atoms with Gasteiger partial charge in [0, 0.05) is 38.8 Å². The third kappa shape index (κ3) is 6.66. The highest BCUT2D eigenvalue weighted by molar-refractivity contribution is 4.85. The van der Waals surface area contributed by atoms with Crippen molar-refractivity contribution < 1.29 is 0 Å². The molecule has 1 saturated heterocycles. The minimum atomic E-state index is 0.414. The summed E-state index contributed by atoms with van der Waals surface area (Å²) in [5.74, 6) is 0.740. The lowest BCUT2D eigenvalue weighted by atomic mass is 9.84. The molecule has 126 valence electrons. The van der Waals surface area contributed by atoms with Crippen molar-refractivity contribution >= 4 is 0 Å². The lowest BCUT2D eigenvalue weighted by Crippen LogP contribution is -2.54. The highest BCUT2D eigenvalue weighted by Gasteiger charge is 2.30. The van der Waals surface area contributed by atoms with Crippen LogP contribution in [0.2, 0.25) is 0 Å². The molecule has 0 aromatic rings. The van der Waals surface area contributed by atoms with Crippen molar-refractivity contribution in [1.82, 2.24) is 15.1 Å². The maximum atomic E-state index is 3.69. The van der Waals surface area contributed by atoms with Crippen LogP contribution in [0.25, 0.3) is 0 Å². The number of nitrogens with zero attached hydrogens (tertiary/aromatic N) is 2. The van der Waals surface area contributed by atoms with Gasteiger partial charge in [0.25, 0.3) is 0 Å². The Balaban J connectivity index is 2.49. The summed E-state index contributed by atoms with van der Waals surface area (Å²) in [5, 5.41) is 3.69. The maximum absolute atomic E-state index is 3.69. The molecule has 0 aliphatic carbocycles. The molecule has 0 spiro atoms. The Labute approximate surface area is 133 Å². The van der Waals surface area contributed by atoms with Crippen molar-refractivity contribution in [3.05, 3.63) is 0 Å². The molecular formula is C18H39N3. The highest BCUT2D eigenvalue weighted by atomic mass is 15.3. The molecule has 1 rings (SSSR count). The second-order valence-corrected chi connectivity index (χ2v) is 7.80. The van der Waals surface area contributed by atoms with E-state index in [0.29, 0.717) is 11.5 Å². The van der Waals surface area contributed by atoms with Gasteiger partial charge >= 0.3 is 0 Å². The predicted octanol–water partition coefficient (Wildman–Crippen LogP) is 3.06. The molecule has 21 heavy (non-hydrogen) atoms. The van der Waals surface area contributed by atoms with Crippen LogP contribution in [-0.2, 0) is 0 Å². The monoisotopic (exact) mass is 297 g/mol. The second kappa shape index (κ2) is 9.12. The van der Waals surface area contributed by atoms with Gasteiger partial charge in [0.2, 0.25) is 0 Å². The van der Waals surface area contributed by atoms with E-state index in [1.54, 1.807) is 0 Å². The van der Waals surface area contributed by atoms with Crippen LogP contribution in [0.4, 0.5) is 0 Å². The zero-order valence-electron chi connectivity index (χ0n) is 15.4. The number of nitrogens with one attached hydrogen (secondary N) is 1. The van der Waals surface area contributed by atoms with Crippen molar-refractivity contribution in [3.63, 3.8) is 0 Å².